The highest BCUT2D eigenvalue weighted by atomic mass is 32.2. The van der Waals surface area contributed by atoms with Crippen molar-refractivity contribution in [2.24, 2.45) is 0 Å². The van der Waals surface area contributed by atoms with Gasteiger partial charge in [0.1, 0.15) is 0 Å². The molecular weight excluding hydrogens is 627 g/mol. The van der Waals surface area contributed by atoms with Crippen LogP contribution in [0, 0.1) is 11.3 Å². The van der Waals surface area contributed by atoms with Gasteiger partial charge < -0.3 is 0 Å². The Labute approximate surface area is 295 Å². The summed E-state index contributed by atoms with van der Waals surface area (Å²) in [7, 11) is 0. The molecule has 50 heavy (non-hydrogen) atoms. The molecule has 9 rings (SSSR count). The highest BCUT2D eigenvalue weighted by Crippen LogP contribution is 2.53. The largest absolute Gasteiger partial charge is 0.228 e. The molecule has 7 aromatic carbocycles. The first-order chi connectivity index (χ1) is 24.5. The second-order valence-corrected chi connectivity index (χ2v) is 14.3. The number of para-hydroxylation sites is 1. The normalized spacial score (nSPS) is 13.1. The monoisotopic (exact) mass is 657 g/mol. The molecule has 3 nitrogen and oxygen atoms in total. The number of nitrogens with zero attached hydrogens (tertiary/aromatic N) is 3. The zero-order valence-electron chi connectivity index (χ0n) is 27.7. The van der Waals surface area contributed by atoms with Gasteiger partial charge >= 0.3 is 0 Å². The lowest BCUT2D eigenvalue weighted by molar-refractivity contribution is 0.609. The van der Waals surface area contributed by atoms with Crippen LogP contribution in [-0.2, 0) is 5.41 Å². The van der Waals surface area contributed by atoms with Gasteiger partial charge in [0.2, 0.25) is 0 Å². The van der Waals surface area contributed by atoms with Gasteiger partial charge in [-0.3, -0.25) is 0 Å². The molecular formula is C46H31N3S. The lowest BCUT2D eigenvalue weighted by Crippen LogP contribution is -2.25. The van der Waals surface area contributed by atoms with Crippen LogP contribution >= 0.6 is 11.8 Å². The molecule has 0 atom stereocenters. The number of hydrogen-bond donors (Lipinski definition) is 0. The van der Waals surface area contributed by atoms with Crippen LogP contribution in [0.2, 0.25) is 0 Å². The van der Waals surface area contributed by atoms with E-state index in [2.05, 4.69) is 159 Å². The van der Waals surface area contributed by atoms with E-state index in [1.807, 2.05) is 12.1 Å². The Balaban J connectivity index is 1.26. The summed E-state index contributed by atoms with van der Waals surface area (Å²) in [4.78, 5) is 13.1. The SMILES string of the molecule is CC1(C)c2cc(C#N)ccc2Sc2cccc(-c3ccccc3-c3nc(-c4cccc5c(-c6ccccc6)cccc45)c4ccccc4n3)c21. The summed E-state index contributed by atoms with van der Waals surface area (Å²) in [5.41, 5.74) is 11.3. The Morgan fingerprint density at radius 2 is 1.18 bits per heavy atom. The van der Waals surface area contributed by atoms with Crippen LogP contribution in [0.1, 0.15) is 30.5 Å². The average Bonchev–Trinajstić information content (AvgIpc) is 3.17. The molecule has 8 aromatic rings. The smallest absolute Gasteiger partial charge is 0.161 e. The molecule has 0 spiro atoms. The molecule has 0 radical (unpaired) electrons. The fourth-order valence-electron chi connectivity index (χ4n) is 7.62. The van der Waals surface area contributed by atoms with Gasteiger partial charge in [0.25, 0.3) is 0 Å². The topological polar surface area (TPSA) is 49.6 Å². The van der Waals surface area contributed by atoms with Gasteiger partial charge in [0.05, 0.1) is 22.8 Å². The van der Waals surface area contributed by atoms with Gasteiger partial charge in [-0.05, 0) is 74.5 Å². The van der Waals surface area contributed by atoms with Crippen LogP contribution < -0.4 is 0 Å². The summed E-state index contributed by atoms with van der Waals surface area (Å²) < 4.78 is 0. The van der Waals surface area contributed by atoms with Crippen molar-refractivity contribution in [3.8, 4) is 51.0 Å². The number of benzene rings is 7. The van der Waals surface area contributed by atoms with E-state index in [-0.39, 0.29) is 5.41 Å². The van der Waals surface area contributed by atoms with E-state index in [1.54, 1.807) is 11.8 Å². The first-order valence-corrected chi connectivity index (χ1v) is 17.6. The first kappa shape index (κ1) is 30.1. The molecule has 1 aliphatic heterocycles. The Kier molecular flexibility index (Phi) is 7.12. The summed E-state index contributed by atoms with van der Waals surface area (Å²) in [5.74, 6) is 0.691. The zero-order chi connectivity index (χ0) is 33.8. The Bertz CT molecular complexity index is 2670. The van der Waals surface area contributed by atoms with Crippen molar-refractivity contribution in [1.82, 2.24) is 9.97 Å². The second kappa shape index (κ2) is 11.8. The predicted molar refractivity (Wildman–Crippen MR) is 206 cm³/mol. The fraction of sp³-hybridized carbons (Fsp3) is 0.0652. The van der Waals surface area contributed by atoms with Crippen LogP contribution in [-0.4, -0.2) is 9.97 Å². The van der Waals surface area contributed by atoms with Gasteiger partial charge in [-0.1, -0.05) is 147 Å². The molecule has 0 fully saturated rings. The Morgan fingerprint density at radius 1 is 0.540 bits per heavy atom. The third-order valence-electron chi connectivity index (χ3n) is 9.98. The minimum atomic E-state index is -0.332. The molecule has 0 saturated heterocycles. The summed E-state index contributed by atoms with van der Waals surface area (Å²) in [6.07, 6.45) is 0. The van der Waals surface area contributed by atoms with Crippen molar-refractivity contribution >= 4 is 33.4 Å². The van der Waals surface area contributed by atoms with E-state index < -0.39 is 0 Å². The number of aromatic nitrogens is 2. The van der Waals surface area contributed by atoms with Gasteiger partial charge in [-0.2, -0.15) is 5.26 Å². The van der Waals surface area contributed by atoms with Gasteiger partial charge in [0, 0.05) is 31.7 Å². The quantitative estimate of drug-likeness (QED) is 0.189. The van der Waals surface area contributed by atoms with Crippen molar-refractivity contribution in [3.05, 3.63) is 168 Å². The van der Waals surface area contributed by atoms with Crippen LogP contribution in [0.15, 0.2) is 161 Å². The maximum absolute atomic E-state index is 9.73. The van der Waals surface area contributed by atoms with E-state index in [0.717, 1.165) is 44.2 Å². The Morgan fingerprint density at radius 3 is 2.00 bits per heavy atom. The number of hydrogen-bond acceptors (Lipinski definition) is 4. The Hall–Kier alpha value is -6.02. The molecule has 1 aliphatic rings. The third-order valence-corrected chi connectivity index (χ3v) is 11.1. The first-order valence-electron chi connectivity index (χ1n) is 16.8. The maximum Gasteiger partial charge on any atom is 0.161 e. The molecule has 0 bridgehead atoms. The minimum Gasteiger partial charge on any atom is -0.228 e. The van der Waals surface area contributed by atoms with Crippen molar-refractivity contribution in [1.29, 1.82) is 5.26 Å². The van der Waals surface area contributed by atoms with Gasteiger partial charge in [-0.25, -0.2) is 9.97 Å². The standard InChI is InChI=1S/C46H31N3S/c1-46(2)39-27-29(28-47)25-26-41(39)50-42-24-12-21-35(43(42)46)34-15-6-7-16-37(34)45-48-40-23-9-8-17-38(40)44(49-45)36-22-11-19-32-31(18-10-20-33(32)36)30-13-4-3-5-14-30/h3-27H,1-2H3. The predicted octanol–water partition coefficient (Wildman–Crippen LogP) is 12.1. The number of nitriles is 1. The lowest BCUT2D eigenvalue weighted by Gasteiger charge is -2.36. The maximum atomic E-state index is 9.73. The van der Waals surface area contributed by atoms with Gasteiger partial charge in [0.15, 0.2) is 5.82 Å². The molecule has 0 saturated carbocycles. The molecule has 2 heterocycles. The summed E-state index contributed by atoms with van der Waals surface area (Å²) >= 11 is 1.78. The molecule has 236 valence electrons. The highest BCUT2D eigenvalue weighted by Gasteiger charge is 2.36. The average molecular weight is 658 g/mol. The van der Waals surface area contributed by atoms with E-state index in [4.69, 9.17) is 9.97 Å². The van der Waals surface area contributed by atoms with Crippen molar-refractivity contribution in [2.45, 2.75) is 29.1 Å². The number of rotatable bonds is 4. The fourth-order valence-corrected chi connectivity index (χ4v) is 9.03. The summed E-state index contributed by atoms with van der Waals surface area (Å²) in [5, 5.41) is 13.1. The van der Waals surface area contributed by atoms with E-state index in [9.17, 15) is 5.26 Å². The minimum absolute atomic E-state index is 0.332. The van der Waals surface area contributed by atoms with Crippen LogP contribution in [0.4, 0.5) is 0 Å². The van der Waals surface area contributed by atoms with E-state index in [0.29, 0.717) is 11.4 Å². The molecule has 1 aromatic heterocycles. The summed E-state index contributed by atoms with van der Waals surface area (Å²) in [6.45, 7) is 4.54. The third kappa shape index (κ3) is 4.82. The van der Waals surface area contributed by atoms with Crippen LogP contribution in [0.3, 0.4) is 0 Å². The second-order valence-electron chi connectivity index (χ2n) is 13.3. The van der Waals surface area contributed by atoms with Crippen LogP contribution in [0.25, 0.3) is 66.6 Å². The molecule has 0 aliphatic carbocycles. The van der Waals surface area contributed by atoms with Crippen molar-refractivity contribution < 1.29 is 0 Å². The lowest BCUT2D eigenvalue weighted by atomic mass is 9.74. The van der Waals surface area contributed by atoms with Crippen LogP contribution in [0.5, 0.6) is 0 Å². The van der Waals surface area contributed by atoms with Crippen molar-refractivity contribution in [3.63, 3.8) is 0 Å². The summed E-state index contributed by atoms with van der Waals surface area (Å²) in [6, 6.07) is 55.4. The molecule has 0 unspecified atom stereocenters. The van der Waals surface area contributed by atoms with Crippen molar-refractivity contribution in [2.75, 3.05) is 0 Å². The van der Waals surface area contributed by atoms with E-state index in [1.165, 1.54) is 37.4 Å². The number of fused-ring (bicyclic) bond motifs is 4. The van der Waals surface area contributed by atoms with E-state index >= 15 is 0 Å². The molecule has 4 heteroatoms. The zero-order valence-corrected chi connectivity index (χ0v) is 28.5. The highest BCUT2D eigenvalue weighted by molar-refractivity contribution is 7.99. The molecule has 0 N–H and O–H groups in total. The van der Waals surface area contributed by atoms with Gasteiger partial charge in [-0.15, -0.1) is 0 Å². The molecule has 0 amide bonds.